The van der Waals surface area contributed by atoms with E-state index in [1.54, 1.807) is 0 Å². The molecule has 0 aromatic heterocycles. The molecule has 0 bridgehead atoms. The van der Waals surface area contributed by atoms with Gasteiger partial charge in [-0.3, -0.25) is 0 Å². The molecule has 2 aromatic rings. The fraction of sp³-hybridized carbons (Fsp3) is 0.167. The molecule has 2 rings (SSSR count). The average molecular weight is 368 g/mol. The summed E-state index contributed by atoms with van der Waals surface area (Å²) in [6.07, 6.45) is 0. The number of halogens is 2. The lowest BCUT2D eigenvalue weighted by atomic mass is 10.2. The normalized spacial score (nSPS) is 9.75. The monoisotopic (exact) mass is 367 g/mol. The number of hydrogen-bond acceptors (Lipinski definition) is 4. The molecular formula is C18H17Cl2O4. The first-order valence-corrected chi connectivity index (χ1v) is 7.76. The second kappa shape index (κ2) is 9.96. The first-order valence-electron chi connectivity index (χ1n) is 7.00. The van der Waals surface area contributed by atoms with Crippen molar-refractivity contribution in [3.63, 3.8) is 0 Å². The zero-order chi connectivity index (χ0) is 18.1. The molecule has 2 aromatic carbocycles. The van der Waals surface area contributed by atoms with E-state index in [2.05, 4.69) is 30.5 Å². The van der Waals surface area contributed by atoms with Gasteiger partial charge < -0.3 is 0 Å². The van der Waals surface area contributed by atoms with E-state index in [1.807, 2.05) is 0 Å². The van der Waals surface area contributed by atoms with Crippen molar-refractivity contribution in [2.75, 3.05) is 0 Å². The lowest BCUT2D eigenvalue weighted by molar-refractivity contribution is -0.187. The second-order valence-electron chi connectivity index (χ2n) is 5.26. The Morgan fingerprint density at radius 2 is 0.917 bits per heavy atom. The molecule has 0 atom stereocenters. The topological polar surface area (TPSA) is 52.6 Å². The maximum Gasteiger partial charge on any atom is 0.386 e. The Labute approximate surface area is 151 Å². The summed E-state index contributed by atoms with van der Waals surface area (Å²) < 4.78 is 0. The molecule has 0 aliphatic heterocycles. The number of benzene rings is 2. The minimum atomic E-state index is -0.788. The maximum absolute atomic E-state index is 11.6. The standard InChI is InChI=1S/C14H8Cl2O4.C4H9/c15-11-5-1-9(2-6-11)13(17)19-20-14(18)10-3-7-12(16)8-4-10;1-4(2)3/h1-8H;1-3H3. The number of rotatable bonds is 2. The zero-order valence-corrected chi connectivity index (χ0v) is 15.0. The molecule has 0 heterocycles. The van der Waals surface area contributed by atoms with Crippen LogP contribution < -0.4 is 0 Å². The van der Waals surface area contributed by atoms with Crippen molar-refractivity contribution >= 4 is 35.1 Å². The number of carbonyl (C=O) groups is 2. The van der Waals surface area contributed by atoms with Crippen molar-refractivity contribution in [1.82, 2.24) is 0 Å². The van der Waals surface area contributed by atoms with Crippen molar-refractivity contribution in [1.29, 1.82) is 0 Å². The summed E-state index contributed by atoms with van der Waals surface area (Å²) in [5.74, 6) is -0.159. The van der Waals surface area contributed by atoms with Gasteiger partial charge in [0.05, 0.1) is 11.1 Å². The van der Waals surface area contributed by atoms with Gasteiger partial charge in [-0.25, -0.2) is 19.4 Å². The molecule has 0 fully saturated rings. The fourth-order valence-electron chi connectivity index (χ4n) is 1.34. The Hall–Kier alpha value is -2.04. The molecule has 0 amide bonds. The highest BCUT2D eigenvalue weighted by molar-refractivity contribution is 6.31. The molecule has 0 saturated heterocycles. The molecule has 0 aliphatic rings. The van der Waals surface area contributed by atoms with Crippen LogP contribution in [0.15, 0.2) is 48.5 Å². The quantitative estimate of drug-likeness (QED) is 0.516. The van der Waals surface area contributed by atoms with Crippen molar-refractivity contribution in [3.8, 4) is 0 Å². The Bertz CT molecular complexity index is 604. The van der Waals surface area contributed by atoms with Gasteiger partial charge in [-0.1, -0.05) is 44.0 Å². The van der Waals surface area contributed by atoms with Crippen LogP contribution in [0.4, 0.5) is 0 Å². The number of hydrogen-bond donors (Lipinski definition) is 0. The van der Waals surface area contributed by atoms with Crippen LogP contribution in [0.5, 0.6) is 0 Å². The van der Waals surface area contributed by atoms with E-state index in [9.17, 15) is 9.59 Å². The van der Waals surface area contributed by atoms with E-state index in [0.29, 0.717) is 10.0 Å². The first kappa shape index (κ1) is 20.0. The van der Waals surface area contributed by atoms with E-state index < -0.39 is 11.9 Å². The van der Waals surface area contributed by atoms with Gasteiger partial charge in [-0.2, -0.15) is 0 Å². The van der Waals surface area contributed by atoms with Crippen molar-refractivity contribution in [3.05, 3.63) is 75.6 Å². The van der Waals surface area contributed by atoms with E-state index in [0.717, 1.165) is 0 Å². The highest BCUT2D eigenvalue weighted by Gasteiger charge is 2.13. The van der Waals surface area contributed by atoms with Crippen LogP contribution in [0.2, 0.25) is 10.0 Å². The third-order valence-corrected chi connectivity index (χ3v) is 2.86. The highest BCUT2D eigenvalue weighted by Crippen LogP contribution is 2.12. The van der Waals surface area contributed by atoms with Gasteiger partial charge >= 0.3 is 11.9 Å². The Morgan fingerprint density at radius 1 is 0.667 bits per heavy atom. The van der Waals surface area contributed by atoms with E-state index >= 15 is 0 Å². The summed E-state index contributed by atoms with van der Waals surface area (Å²) in [6.45, 7) is 6.25. The van der Waals surface area contributed by atoms with Crippen LogP contribution in [0.25, 0.3) is 0 Å². The van der Waals surface area contributed by atoms with Gasteiger partial charge in [0.1, 0.15) is 0 Å². The molecule has 0 N–H and O–H groups in total. The summed E-state index contributed by atoms with van der Waals surface area (Å²) >= 11 is 11.4. The average Bonchev–Trinajstić information content (AvgIpc) is 2.53. The lowest BCUT2D eigenvalue weighted by Gasteiger charge is -2.03. The third-order valence-electron chi connectivity index (χ3n) is 2.35. The molecular weight excluding hydrogens is 351 g/mol. The molecule has 127 valence electrons. The van der Waals surface area contributed by atoms with Crippen molar-refractivity contribution in [2.45, 2.75) is 20.8 Å². The van der Waals surface area contributed by atoms with E-state index in [-0.39, 0.29) is 11.1 Å². The second-order valence-corrected chi connectivity index (χ2v) is 6.13. The van der Waals surface area contributed by atoms with Crippen molar-refractivity contribution < 1.29 is 19.4 Å². The van der Waals surface area contributed by atoms with Crippen LogP contribution >= 0.6 is 23.2 Å². The minimum absolute atomic E-state index is 0.221. The molecule has 0 aliphatic carbocycles. The van der Waals surface area contributed by atoms with Crippen LogP contribution in [0.3, 0.4) is 0 Å². The molecule has 4 nitrogen and oxygen atoms in total. The molecule has 6 heteroatoms. The van der Waals surface area contributed by atoms with Gasteiger partial charge in [0.15, 0.2) is 0 Å². The lowest BCUT2D eigenvalue weighted by Crippen LogP contribution is -2.11. The fourth-order valence-corrected chi connectivity index (χ4v) is 1.60. The van der Waals surface area contributed by atoms with Crippen LogP contribution in [-0.4, -0.2) is 11.9 Å². The number of carbonyl (C=O) groups excluding carboxylic acids is 2. The zero-order valence-electron chi connectivity index (χ0n) is 13.5. The molecule has 1 radical (unpaired) electrons. The third kappa shape index (κ3) is 7.49. The Morgan fingerprint density at radius 3 is 1.17 bits per heavy atom. The summed E-state index contributed by atoms with van der Waals surface area (Å²) in [5, 5.41) is 0.972. The van der Waals surface area contributed by atoms with Gasteiger partial charge in [-0.15, -0.1) is 0 Å². The Kier molecular flexibility index (Phi) is 8.30. The first-order chi connectivity index (χ1) is 11.3. The predicted molar refractivity (Wildman–Crippen MR) is 94.0 cm³/mol. The van der Waals surface area contributed by atoms with Gasteiger partial charge in [0, 0.05) is 10.0 Å². The summed E-state index contributed by atoms with van der Waals surface area (Å²) in [4.78, 5) is 32.1. The molecule has 0 spiro atoms. The van der Waals surface area contributed by atoms with Gasteiger partial charge in [0.25, 0.3) is 0 Å². The minimum Gasteiger partial charge on any atom is -0.242 e. The summed E-state index contributed by atoms with van der Waals surface area (Å²) in [5.41, 5.74) is 0.441. The van der Waals surface area contributed by atoms with Gasteiger partial charge in [0.2, 0.25) is 0 Å². The van der Waals surface area contributed by atoms with Crippen LogP contribution in [-0.2, 0) is 9.78 Å². The SMILES string of the molecule is C[C](C)C.O=C(OOC(=O)c1ccc(Cl)cc1)c1ccc(Cl)cc1. The molecule has 0 unspecified atom stereocenters. The van der Waals surface area contributed by atoms with E-state index in [4.69, 9.17) is 23.2 Å². The molecule has 0 saturated carbocycles. The maximum atomic E-state index is 11.6. The van der Waals surface area contributed by atoms with E-state index in [1.165, 1.54) is 54.4 Å². The van der Waals surface area contributed by atoms with Crippen LogP contribution in [0.1, 0.15) is 41.5 Å². The van der Waals surface area contributed by atoms with Crippen molar-refractivity contribution in [2.24, 2.45) is 0 Å². The van der Waals surface area contributed by atoms with Gasteiger partial charge in [-0.05, 0) is 54.4 Å². The van der Waals surface area contributed by atoms with Crippen LogP contribution in [0, 0.1) is 5.92 Å². The summed E-state index contributed by atoms with van der Waals surface area (Å²) in [6, 6.07) is 11.9. The Balaban J connectivity index is 0.000000648. The highest BCUT2D eigenvalue weighted by atomic mass is 35.5. The smallest absolute Gasteiger partial charge is 0.242 e. The molecule has 24 heavy (non-hydrogen) atoms. The predicted octanol–water partition coefficient (Wildman–Crippen LogP) is 5.54. The summed E-state index contributed by atoms with van der Waals surface area (Å²) in [7, 11) is 0. The largest absolute Gasteiger partial charge is 0.386 e.